The van der Waals surface area contributed by atoms with Crippen molar-refractivity contribution in [3.63, 3.8) is 0 Å². The Kier molecular flexibility index (Phi) is 8.57. The van der Waals surface area contributed by atoms with Crippen LogP contribution in [0.5, 0.6) is 0 Å². The SMILES string of the molecule is C[n+]1ccc(CCC(=O)c2ccc(CN)c(-c3cccc(C(=O)OCC4CCCCO4)c3)c2)c(F)c1. The number of Topliss-reactive ketones (excluding diaryl/α,β-unsaturated/α-hetero) is 1. The summed E-state index contributed by atoms with van der Waals surface area (Å²) in [6.45, 7) is 1.22. The largest absolute Gasteiger partial charge is 0.459 e. The van der Waals surface area contributed by atoms with E-state index in [0.717, 1.165) is 36.0 Å². The standard InChI is InChI=1S/C29H32FN2O4/c1-32-13-12-20(27(30)18-32)10-11-28(33)22-8-9-24(17-31)26(16-22)21-5-4-6-23(15-21)29(34)36-19-25-7-2-3-14-35-25/h4-6,8-9,12-13,15-16,18,25H,2-3,7,10-11,14,17,19,31H2,1H3/q+1. The first-order valence-electron chi connectivity index (χ1n) is 12.3. The molecule has 1 saturated heterocycles. The molecule has 1 aliphatic rings. The number of pyridine rings is 1. The van der Waals surface area contributed by atoms with Crippen molar-refractivity contribution in [3.8, 4) is 11.1 Å². The number of benzene rings is 2. The van der Waals surface area contributed by atoms with E-state index in [9.17, 15) is 14.0 Å². The summed E-state index contributed by atoms with van der Waals surface area (Å²) in [5, 5.41) is 0. The molecule has 1 unspecified atom stereocenters. The molecule has 4 rings (SSSR count). The number of hydrogen-bond acceptors (Lipinski definition) is 5. The van der Waals surface area contributed by atoms with Gasteiger partial charge in [0.25, 0.3) is 0 Å². The third-order valence-corrected chi connectivity index (χ3v) is 6.49. The lowest BCUT2D eigenvalue weighted by atomic mass is 9.93. The predicted molar refractivity (Wildman–Crippen MR) is 134 cm³/mol. The summed E-state index contributed by atoms with van der Waals surface area (Å²) >= 11 is 0. The Morgan fingerprint density at radius 2 is 1.97 bits per heavy atom. The van der Waals surface area contributed by atoms with Crippen molar-refractivity contribution < 1.29 is 28.0 Å². The highest BCUT2D eigenvalue weighted by molar-refractivity contribution is 5.98. The van der Waals surface area contributed by atoms with E-state index in [1.165, 1.54) is 6.20 Å². The van der Waals surface area contributed by atoms with Crippen LogP contribution in [0.3, 0.4) is 0 Å². The van der Waals surface area contributed by atoms with Crippen molar-refractivity contribution in [2.45, 2.75) is 44.8 Å². The molecule has 0 saturated carbocycles. The molecular weight excluding hydrogens is 459 g/mol. The Hall–Kier alpha value is -3.42. The van der Waals surface area contributed by atoms with Gasteiger partial charge in [0, 0.05) is 36.8 Å². The van der Waals surface area contributed by atoms with Crippen LogP contribution in [-0.2, 0) is 29.5 Å². The van der Waals surface area contributed by atoms with Gasteiger partial charge in [0.1, 0.15) is 13.7 Å². The van der Waals surface area contributed by atoms with Crippen LogP contribution in [-0.4, -0.2) is 31.1 Å². The molecule has 0 spiro atoms. The zero-order valence-corrected chi connectivity index (χ0v) is 20.5. The number of aryl methyl sites for hydroxylation is 2. The third-order valence-electron chi connectivity index (χ3n) is 6.49. The molecule has 36 heavy (non-hydrogen) atoms. The maximum atomic E-state index is 14.2. The van der Waals surface area contributed by atoms with Crippen LogP contribution in [0.4, 0.5) is 4.39 Å². The normalized spacial score (nSPS) is 15.5. The minimum absolute atomic E-state index is 0.0513. The van der Waals surface area contributed by atoms with Crippen molar-refractivity contribution in [1.29, 1.82) is 0 Å². The van der Waals surface area contributed by atoms with E-state index in [1.807, 2.05) is 12.1 Å². The van der Waals surface area contributed by atoms with E-state index in [-0.39, 0.29) is 37.3 Å². The van der Waals surface area contributed by atoms with E-state index >= 15 is 0 Å². The smallest absolute Gasteiger partial charge is 0.338 e. The zero-order valence-electron chi connectivity index (χ0n) is 20.5. The summed E-state index contributed by atoms with van der Waals surface area (Å²) in [6.07, 6.45) is 6.61. The average Bonchev–Trinajstić information content (AvgIpc) is 2.91. The molecule has 2 N–H and O–H groups in total. The number of nitrogens with two attached hydrogens (primary N) is 1. The molecule has 2 aromatic carbocycles. The molecular formula is C29H32FN2O4+. The van der Waals surface area contributed by atoms with Gasteiger partial charge in [-0.15, -0.1) is 0 Å². The molecule has 1 atom stereocenters. The summed E-state index contributed by atoms with van der Waals surface area (Å²) in [5.74, 6) is -0.827. The molecule has 1 aromatic heterocycles. The summed E-state index contributed by atoms with van der Waals surface area (Å²) in [4.78, 5) is 25.6. The molecule has 0 bridgehead atoms. The highest BCUT2D eigenvalue weighted by Crippen LogP contribution is 2.27. The van der Waals surface area contributed by atoms with Crippen LogP contribution in [0.25, 0.3) is 11.1 Å². The van der Waals surface area contributed by atoms with Gasteiger partial charge in [-0.3, -0.25) is 4.79 Å². The molecule has 2 heterocycles. The molecule has 0 aliphatic carbocycles. The van der Waals surface area contributed by atoms with E-state index in [0.29, 0.717) is 29.7 Å². The summed E-state index contributed by atoms with van der Waals surface area (Å²) in [5.41, 5.74) is 9.84. The van der Waals surface area contributed by atoms with Crippen LogP contribution in [0.2, 0.25) is 0 Å². The van der Waals surface area contributed by atoms with Crippen molar-refractivity contribution in [2.75, 3.05) is 13.2 Å². The minimum Gasteiger partial charge on any atom is -0.459 e. The van der Waals surface area contributed by atoms with Gasteiger partial charge in [0.2, 0.25) is 6.20 Å². The Labute approximate surface area is 210 Å². The molecule has 7 heteroatoms. The summed E-state index contributed by atoms with van der Waals surface area (Å²) in [6, 6.07) is 14.2. The maximum absolute atomic E-state index is 14.2. The topological polar surface area (TPSA) is 82.5 Å². The molecule has 6 nitrogen and oxygen atoms in total. The van der Waals surface area contributed by atoms with E-state index in [1.54, 1.807) is 54.2 Å². The fourth-order valence-corrected chi connectivity index (χ4v) is 4.39. The number of halogens is 1. The first-order chi connectivity index (χ1) is 17.4. The molecule has 0 amide bonds. The van der Waals surface area contributed by atoms with Crippen LogP contribution in [0.15, 0.2) is 60.9 Å². The fraction of sp³-hybridized carbons (Fsp3) is 0.345. The molecule has 0 radical (unpaired) electrons. The highest BCUT2D eigenvalue weighted by atomic mass is 19.1. The van der Waals surface area contributed by atoms with E-state index in [2.05, 4.69) is 0 Å². The van der Waals surface area contributed by atoms with Gasteiger partial charge in [-0.1, -0.05) is 24.3 Å². The fourth-order valence-electron chi connectivity index (χ4n) is 4.39. The van der Waals surface area contributed by atoms with Gasteiger partial charge in [0.15, 0.2) is 17.8 Å². The lowest BCUT2D eigenvalue weighted by Gasteiger charge is -2.22. The minimum atomic E-state index is -0.411. The lowest BCUT2D eigenvalue weighted by Crippen LogP contribution is -2.27. The van der Waals surface area contributed by atoms with Crippen molar-refractivity contribution in [2.24, 2.45) is 12.8 Å². The van der Waals surface area contributed by atoms with E-state index < -0.39 is 5.97 Å². The van der Waals surface area contributed by atoms with Crippen molar-refractivity contribution in [1.82, 2.24) is 0 Å². The van der Waals surface area contributed by atoms with Crippen molar-refractivity contribution >= 4 is 11.8 Å². The predicted octanol–water partition coefficient (Wildman–Crippen LogP) is 4.32. The quantitative estimate of drug-likeness (QED) is 0.274. The highest BCUT2D eigenvalue weighted by Gasteiger charge is 2.18. The van der Waals surface area contributed by atoms with Gasteiger partial charge in [0.05, 0.1) is 11.7 Å². The molecule has 188 valence electrons. The Balaban J connectivity index is 1.49. The van der Waals surface area contributed by atoms with Crippen LogP contribution < -0.4 is 10.3 Å². The number of carbonyl (C=O) groups excluding carboxylic acids is 2. The summed E-state index contributed by atoms with van der Waals surface area (Å²) < 4.78 is 26.9. The second-order valence-electron chi connectivity index (χ2n) is 9.15. The Morgan fingerprint density at radius 1 is 1.11 bits per heavy atom. The first-order valence-corrected chi connectivity index (χ1v) is 12.3. The van der Waals surface area contributed by atoms with Crippen molar-refractivity contribution in [3.05, 3.63) is 89.0 Å². The number of ketones is 1. The summed E-state index contributed by atoms with van der Waals surface area (Å²) in [7, 11) is 1.75. The molecule has 3 aromatic rings. The second kappa shape index (κ2) is 12.0. The van der Waals surface area contributed by atoms with Gasteiger partial charge in [-0.25, -0.2) is 13.8 Å². The molecule has 1 fully saturated rings. The second-order valence-corrected chi connectivity index (χ2v) is 9.15. The van der Waals surface area contributed by atoms with Crippen LogP contribution in [0, 0.1) is 5.82 Å². The number of hydrogen-bond donors (Lipinski definition) is 1. The number of ether oxygens (including phenoxy) is 2. The lowest BCUT2D eigenvalue weighted by molar-refractivity contribution is -0.673. The average molecular weight is 492 g/mol. The van der Waals surface area contributed by atoms with Gasteiger partial charge >= 0.3 is 5.97 Å². The van der Waals surface area contributed by atoms with Crippen LogP contribution >= 0.6 is 0 Å². The van der Waals surface area contributed by atoms with Gasteiger partial charge in [-0.05, 0) is 60.6 Å². The van der Waals surface area contributed by atoms with Gasteiger partial charge in [-0.2, -0.15) is 0 Å². The zero-order chi connectivity index (χ0) is 25.5. The molecule has 1 aliphatic heterocycles. The Morgan fingerprint density at radius 3 is 2.72 bits per heavy atom. The Bertz CT molecular complexity index is 1240. The first kappa shape index (κ1) is 25.7. The number of esters is 1. The third kappa shape index (κ3) is 6.42. The number of nitrogens with zero attached hydrogens (tertiary/aromatic N) is 1. The maximum Gasteiger partial charge on any atom is 0.338 e. The van der Waals surface area contributed by atoms with Gasteiger partial charge < -0.3 is 15.2 Å². The van der Waals surface area contributed by atoms with E-state index in [4.69, 9.17) is 15.2 Å². The number of aromatic nitrogens is 1. The number of rotatable bonds is 9. The monoisotopic (exact) mass is 491 g/mol. The van der Waals surface area contributed by atoms with Crippen LogP contribution in [0.1, 0.15) is 57.5 Å². The number of carbonyl (C=O) groups is 2.